The Kier molecular flexibility index (Phi) is 3.49. The minimum atomic E-state index is 0.0296. The molecule has 2 aromatic heterocycles. The molecular formula is C17H20N4OS. The van der Waals surface area contributed by atoms with Gasteiger partial charge in [-0.05, 0) is 38.0 Å². The molecule has 3 N–H and O–H groups in total. The Labute approximate surface area is 138 Å². The molecule has 0 bridgehead atoms. The Morgan fingerprint density at radius 2 is 2.13 bits per heavy atom. The smallest absolute Gasteiger partial charge is 0.263 e. The highest BCUT2D eigenvalue weighted by molar-refractivity contribution is 7.19. The first-order chi connectivity index (χ1) is 11.1. The number of hydrogen-bond acceptors (Lipinski definition) is 4. The minimum absolute atomic E-state index is 0.0296. The van der Waals surface area contributed by atoms with Crippen LogP contribution in [0.3, 0.4) is 0 Å². The molecule has 1 saturated carbocycles. The van der Waals surface area contributed by atoms with Gasteiger partial charge in [-0.1, -0.05) is 30.6 Å². The molecule has 0 atom stereocenters. The lowest BCUT2D eigenvalue weighted by Crippen LogP contribution is -2.36. The van der Waals surface area contributed by atoms with E-state index in [1.807, 2.05) is 29.5 Å². The number of amides is 1. The zero-order valence-electron chi connectivity index (χ0n) is 13.1. The Balaban J connectivity index is 1.71. The number of nitrogen functional groups attached to an aromatic ring is 1. The number of imidazole rings is 1. The topological polar surface area (TPSA) is 72.4 Å². The maximum Gasteiger partial charge on any atom is 0.263 e. The van der Waals surface area contributed by atoms with Gasteiger partial charge in [0.05, 0.1) is 11.0 Å². The van der Waals surface area contributed by atoms with Gasteiger partial charge in [0.25, 0.3) is 5.91 Å². The number of thiazole rings is 1. The summed E-state index contributed by atoms with van der Waals surface area (Å²) in [5, 5.41) is 3.19. The van der Waals surface area contributed by atoms with Crippen molar-refractivity contribution in [1.29, 1.82) is 0 Å². The molecule has 120 valence electrons. The van der Waals surface area contributed by atoms with Crippen molar-refractivity contribution in [2.24, 2.45) is 0 Å². The molecule has 0 aliphatic heterocycles. The van der Waals surface area contributed by atoms with Gasteiger partial charge in [0.2, 0.25) is 0 Å². The number of nitrogens with zero attached hydrogens (tertiary/aromatic N) is 2. The molecule has 1 aliphatic carbocycles. The second-order valence-corrected chi connectivity index (χ2v) is 7.28. The van der Waals surface area contributed by atoms with E-state index in [1.165, 1.54) is 30.6 Å². The van der Waals surface area contributed by atoms with Crippen molar-refractivity contribution in [2.45, 2.75) is 45.1 Å². The second kappa shape index (κ2) is 5.53. The number of hydrogen-bond donors (Lipinski definition) is 2. The first kappa shape index (κ1) is 14.5. The van der Waals surface area contributed by atoms with Gasteiger partial charge in [0.1, 0.15) is 4.88 Å². The molecule has 1 aromatic carbocycles. The standard InChI is InChI=1S/C17H20N4OS/c1-10-15(16(22)19-12-5-3-2-4-6-12)23-17-20-13-8-7-11(18)9-14(13)21(10)17/h7-9,12H,2-6,18H2,1H3,(H,19,22). The zero-order chi connectivity index (χ0) is 16.0. The van der Waals surface area contributed by atoms with Crippen LogP contribution in [0.2, 0.25) is 0 Å². The van der Waals surface area contributed by atoms with Crippen LogP contribution < -0.4 is 11.1 Å². The first-order valence-electron chi connectivity index (χ1n) is 8.11. The third-order valence-corrected chi connectivity index (χ3v) is 5.79. The van der Waals surface area contributed by atoms with Gasteiger partial charge in [0, 0.05) is 17.4 Å². The summed E-state index contributed by atoms with van der Waals surface area (Å²) in [5.41, 5.74) is 9.41. The van der Waals surface area contributed by atoms with Crippen molar-refractivity contribution in [2.75, 3.05) is 5.73 Å². The van der Waals surface area contributed by atoms with Crippen molar-refractivity contribution in [3.8, 4) is 0 Å². The summed E-state index contributed by atoms with van der Waals surface area (Å²) in [6, 6.07) is 6.01. The number of nitrogens with one attached hydrogen (secondary N) is 1. The van der Waals surface area contributed by atoms with Gasteiger partial charge in [-0.3, -0.25) is 9.20 Å². The van der Waals surface area contributed by atoms with E-state index in [1.54, 1.807) is 0 Å². The highest BCUT2D eigenvalue weighted by Gasteiger charge is 2.22. The predicted octanol–water partition coefficient (Wildman–Crippen LogP) is 3.50. The molecule has 1 aliphatic rings. The van der Waals surface area contributed by atoms with Crippen molar-refractivity contribution in [3.05, 3.63) is 28.8 Å². The van der Waals surface area contributed by atoms with Gasteiger partial charge < -0.3 is 11.1 Å². The molecule has 3 aromatic rings. The molecule has 5 nitrogen and oxygen atoms in total. The van der Waals surface area contributed by atoms with E-state index in [4.69, 9.17) is 5.73 Å². The number of carbonyl (C=O) groups is 1. The largest absolute Gasteiger partial charge is 0.399 e. The number of nitrogens with two attached hydrogens (primary N) is 1. The molecule has 23 heavy (non-hydrogen) atoms. The third kappa shape index (κ3) is 2.47. The summed E-state index contributed by atoms with van der Waals surface area (Å²) in [7, 11) is 0. The Morgan fingerprint density at radius 3 is 2.91 bits per heavy atom. The van der Waals surface area contributed by atoms with Crippen LogP contribution in [0.15, 0.2) is 18.2 Å². The fourth-order valence-electron chi connectivity index (χ4n) is 3.44. The quantitative estimate of drug-likeness (QED) is 0.707. The highest BCUT2D eigenvalue weighted by Crippen LogP contribution is 2.29. The molecule has 4 rings (SSSR count). The van der Waals surface area contributed by atoms with Crippen molar-refractivity contribution >= 4 is 38.9 Å². The maximum atomic E-state index is 12.6. The SMILES string of the molecule is Cc1c(C(=O)NC2CCCCC2)sc2nc3ccc(N)cc3n12. The minimum Gasteiger partial charge on any atom is -0.399 e. The number of carbonyl (C=O) groups excluding carboxylic acids is 1. The molecule has 6 heteroatoms. The van der Waals surface area contributed by atoms with E-state index in [2.05, 4.69) is 10.3 Å². The van der Waals surface area contributed by atoms with Gasteiger partial charge >= 0.3 is 0 Å². The predicted molar refractivity (Wildman–Crippen MR) is 94.1 cm³/mol. The molecule has 0 unspecified atom stereocenters. The van der Waals surface area contributed by atoms with Crippen LogP contribution in [-0.4, -0.2) is 21.3 Å². The molecule has 1 fully saturated rings. The van der Waals surface area contributed by atoms with Crippen LogP contribution in [-0.2, 0) is 0 Å². The molecule has 0 saturated heterocycles. The van der Waals surface area contributed by atoms with E-state index in [-0.39, 0.29) is 5.91 Å². The van der Waals surface area contributed by atoms with Crippen LogP contribution in [0, 0.1) is 6.92 Å². The van der Waals surface area contributed by atoms with Gasteiger partial charge in [-0.2, -0.15) is 0 Å². The van der Waals surface area contributed by atoms with E-state index in [0.717, 1.165) is 39.4 Å². The Bertz CT molecular complexity index is 889. The van der Waals surface area contributed by atoms with E-state index in [9.17, 15) is 4.79 Å². The zero-order valence-corrected chi connectivity index (χ0v) is 13.9. The lowest BCUT2D eigenvalue weighted by Gasteiger charge is -2.22. The maximum absolute atomic E-state index is 12.6. The Hall–Kier alpha value is -2.08. The number of fused-ring (bicyclic) bond motifs is 3. The fraction of sp³-hybridized carbons (Fsp3) is 0.412. The Morgan fingerprint density at radius 1 is 1.35 bits per heavy atom. The first-order valence-corrected chi connectivity index (χ1v) is 8.93. The summed E-state index contributed by atoms with van der Waals surface area (Å²) in [6.07, 6.45) is 5.88. The average molecular weight is 328 g/mol. The monoisotopic (exact) mass is 328 g/mol. The third-order valence-electron chi connectivity index (χ3n) is 4.65. The van der Waals surface area contributed by atoms with Gasteiger partial charge in [-0.15, -0.1) is 0 Å². The summed E-state index contributed by atoms with van der Waals surface area (Å²) in [6.45, 7) is 1.98. The van der Waals surface area contributed by atoms with Crippen LogP contribution in [0.25, 0.3) is 16.0 Å². The number of anilines is 1. The normalized spacial score (nSPS) is 16.2. The number of rotatable bonds is 2. The lowest BCUT2D eigenvalue weighted by molar-refractivity contribution is 0.0931. The number of aromatic nitrogens is 2. The van der Waals surface area contributed by atoms with Crippen molar-refractivity contribution in [3.63, 3.8) is 0 Å². The second-order valence-electron chi connectivity index (χ2n) is 6.30. The summed E-state index contributed by atoms with van der Waals surface area (Å²) in [5.74, 6) is 0.0296. The van der Waals surface area contributed by atoms with Crippen LogP contribution in [0.1, 0.15) is 47.5 Å². The highest BCUT2D eigenvalue weighted by atomic mass is 32.1. The fourth-order valence-corrected chi connectivity index (χ4v) is 4.48. The number of aryl methyl sites for hydroxylation is 1. The molecule has 2 heterocycles. The van der Waals surface area contributed by atoms with E-state index >= 15 is 0 Å². The lowest BCUT2D eigenvalue weighted by atomic mass is 9.95. The van der Waals surface area contributed by atoms with Crippen LogP contribution in [0.4, 0.5) is 5.69 Å². The molecule has 0 spiro atoms. The average Bonchev–Trinajstić information content (AvgIpc) is 3.05. The molecular weight excluding hydrogens is 308 g/mol. The van der Waals surface area contributed by atoms with Crippen LogP contribution >= 0.6 is 11.3 Å². The molecule has 1 amide bonds. The van der Waals surface area contributed by atoms with Crippen molar-refractivity contribution < 1.29 is 4.79 Å². The van der Waals surface area contributed by atoms with Crippen molar-refractivity contribution in [1.82, 2.24) is 14.7 Å². The van der Waals surface area contributed by atoms with Crippen LogP contribution in [0.5, 0.6) is 0 Å². The van der Waals surface area contributed by atoms with Gasteiger partial charge in [-0.25, -0.2) is 4.98 Å². The summed E-state index contributed by atoms with van der Waals surface area (Å²) >= 11 is 1.45. The van der Waals surface area contributed by atoms with E-state index in [0.29, 0.717) is 11.7 Å². The van der Waals surface area contributed by atoms with E-state index < -0.39 is 0 Å². The molecule has 0 radical (unpaired) electrons. The summed E-state index contributed by atoms with van der Waals surface area (Å²) in [4.78, 5) is 18.8. The van der Waals surface area contributed by atoms with Gasteiger partial charge in [0.15, 0.2) is 4.96 Å². The number of benzene rings is 1. The summed E-state index contributed by atoms with van der Waals surface area (Å²) < 4.78 is 2.03.